The molecule has 1 aliphatic heterocycles. The Morgan fingerprint density at radius 3 is 2.96 bits per heavy atom. The van der Waals surface area contributed by atoms with E-state index in [0.717, 1.165) is 36.7 Å². The van der Waals surface area contributed by atoms with Crippen molar-refractivity contribution in [1.29, 1.82) is 0 Å². The highest BCUT2D eigenvalue weighted by atomic mass is 35.5. The highest BCUT2D eigenvalue weighted by molar-refractivity contribution is 6.30. The smallest absolute Gasteiger partial charge is 0.233 e. The van der Waals surface area contributed by atoms with Crippen molar-refractivity contribution in [3.8, 4) is 0 Å². The maximum atomic E-state index is 5.93. The summed E-state index contributed by atoms with van der Waals surface area (Å²) in [4.78, 5) is 15.9. The standard InChI is InChI=1S/C17H18ClN5/c18-13-4-5-14(20-11-13)12-23-8-2-1-3-16(23)15-6-9-22-10-7-19-17(22)21-15/h4-7,9-11,16H,1-3,8,12H2/t16-/m0/s1. The number of nitrogens with zero attached hydrogens (tertiary/aromatic N) is 5. The lowest BCUT2D eigenvalue weighted by Gasteiger charge is -2.35. The van der Waals surface area contributed by atoms with Gasteiger partial charge >= 0.3 is 0 Å². The fraction of sp³-hybridized carbons (Fsp3) is 0.353. The first-order chi connectivity index (χ1) is 11.3. The summed E-state index contributed by atoms with van der Waals surface area (Å²) >= 11 is 5.93. The number of pyridine rings is 1. The second kappa shape index (κ2) is 6.26. The average molecular weight is 328 g/mol. The molecule has 1 atom stereocenters. The number of fused-ring (bicyclic) bond motifs is 1. The minimum absolute atomic E-state index is 0.322. The van der Waals surface area contributed by atoms with Crippen LogP contribution in [0.15, 0.2) is 43.0 Å². The molecule has 0 N–H and O–H groups in total. The molecule has 0 amide bonds. The summed E-state index contributed by atoms with van der Waals surface area (Å²) in [7, 11) is 0. The minimum atomic E-state index is 0.322. The fourth-order valence-electron chi connectivity index (χ4n) is 3.23. The van der Waals surface area contributed by atoms with Crippen molar-refractivity contribution in [2.75, 3.05) is 6.54 Å². The third-order valence-electron chi connectivity index (χ3n) is 4.39. The maximum absolute atomic E-state index is 5.93. The van der Waals surface area contributed by atoms with Gasteiger partial charge in [-0.3, -0.25) is 14.3 Å². The predicted octanol–water partition coefficient (Wildman–Crippen LogP) is 3.50. The van der Waals surface area contributed by atoms with Crippen LogP contribution in [0.5, 0.6) is 0 Å². The van der Waals surface area contributed by atoms with Gasteiger partial charge in [-0.2, -0.15) is 0 Å². The van der Waals surface area contributed by atoms with Crippen molar-refractivity contribution in [3.63, 3.8) is 0 Å². The zero-order chi connectivity index (χ0) is 15.6. The van der Waals surface area contributed by atoms with E-state index >= 15 is 0 Å². The van der Waals surface area contributed by atoms with Crippen LogP contribution in [0.3, 0.4) is 0 Å². The Balaban J connectivity index is 1.60. The summed E-state index contributed by atoms with van der Waals surface area (Å²) in [5.74, 6) is 0.762. The second-order valence-electron chi connectivity index (χ2n) is 5.94. The zero-order valence-corrected chi connectivity index (χ0v) is 13.5. The van der Waals surface area contributed by atoms with Crippen LogP contribution < -0.4 is 0 Å². The van der Waals surface area contributed by atoms with Gasteiger partial charge in [-0.25, -0.2) is 9.97 Å². The lowest BCUT2D eigenvalue weighted by Crippen LogP contribution is -2.33. The average Bonchev–Trinajstić information content (AvgIpc) is 3.05. The molecule has 4 heterocycles. The number of hydrogen-bond acceptors (Lipinski definition) is 4. The number of rotatable bonds is 3. The Kier molecular flexibility index (Phi) is 3.97. The van der Waals surface area contributed by atoms with Gasteiger partial charge in [-0.1, -0.05) is 18.0 Å². The first-order valence-corrected chi connectivity index (χ1v) is 8.31. The van der Waals surface area contributed by atoms with Crippen LogP contribution in [0.4, 0.5) is 0 Å². The molecule has 0 saturated carbocycles. The lowest BCUT2D eigenvalue weighted by molar-refractivity contribution is 0.135. The summed E-state index contributed by atoms with van der Waals surface area (Å²) in [5.41, 5.74) is 2.14. The van der Waals surface area contributed by atoms with E-state index in [0.29, 0.717) is 11.1 Å². The molecule has 3 aromatic heterocycles. The molecular formula is C17H18ClN5. The number of likely N-dealkylation sites (tertiary alicyclic amines) is 1. The molecule has 118 valence electrons. The van der Waals surface area contributed by atoms with Gasteiger partial charge < -0.3 is 0 Å². The third-order valence-corrected chi connectivity index (χ3v) is 4.62. The van der Waals surface area contributed by atoms with E-state index in [1.165, 1.54) is 12.8 Å². The molecule has 5 nitrogen and oxygen atoms in total. The minimum Gasteiger partial charge on any atom is -0.291 e. The maximum Gasteiger partial charge on any atom is 0.233 e. The van der Waals surface area contributed by atoms with Gasteiger partial charge in [-0.15, -0.1) is 0 Å². The predicted molar refractivity (Wildman–Crippen MR) is 89.2 cm³/mol. The Bertz CT molecular complexity index is 798. The molecule has 1 saturated heterocycles. The summed E-state index contributed by atoms with van der Waals surface area (Å²) in [6.07, 6.45) is 11.0. The third kappa shape index (κ3) is 3.07. The quantitative estimate of drug-likeness (QED) is 0.738. The van der Waals surface area contributed by atoms with E-state index in [-0.39, 0.29) is 0 Å². The van der Waals surface area contributed by atoms with Crippen molar-refractivity contribution in [1.82, 2.24) is 24.3 Å². The zero-order valence-electron chi connectivity index (χ0n) is 12.8. The normalized spacial score (nSPS) is 19.3. The summed E-state index contributed by atoms with van der Waals surface area (Å²) in [5, 5.41) is 0.676. The van der Waals surface area contributed by atoms with E-state index in [1.54, 1.807) is 12.4 Å². The van der Waals surface area contributed by atoms with Crippen LogP contribution in [0, 0.1) is 0 Å². The Morgan fingerprint density at radius 1 is 1.13 bits per heavy atom. The van der Waals surface area contributed by atoms with Gasteiger partial charge in [0.2, 0.25) is 5.78 Å². The Labute approximate surface area is 140 Å². The van der Waals surface area contributed by atoms with Crippen LogP contribution >= 0.6 is 11.6 Å². The van der Waals surface area contributed by atoms with Crippen molar-refractivity contribution in [2.45, 2.75) is 31.8 Å². The summed E-state index contributed by atoms with van der Waals surface area (Å²) in [6, 6.07) is 6.33. The molecule has 0 spiro atoms. The molecule has 0 unspecified atom stereocenters. The summed E-state index contributed by atoms with van der Waals surface area (Å²) in [6.45, 7) is 1.89. The molecule has 6 heteroatoms. The molecule has 0 radical (unpaired) electrons. The van der Waals surface area contributed by atoms with Crippen LogP contribution in [0.2, 0.25) is 5.02 Å². The monoisotopic (exact) mass is 327 g/mol. The number of halogens is 1. The first kappa shape index (κ1) is 14.6. The van der Waals surface area contributed by atoms with Gasteiger partial charge in [0, 0.05) is 31.3 Å². The van der Waals surface area contributed by atoms with Gasteiger partial charge in [0.1, 0.15) is 0 Å². The van der Waals surface area contributed by atoms with Crippen molar-refractivity contribution in [2.24, 2.45) is 0 Å². The molecule has 3 aromatic rings. The molecule has 0 bridgehead atoms. The molecule has 0 aromatic carbocycles. The number of hydrogen-bond donors (Lipinski definition) is 0. The van der Waals surface area contributed by atoms with Gasteiger partial charge in [0.25, 0.3) is 0 Å². The molecule has 23 heavy (non-hydrogen) atoms. The fourth-order valence-corrected chi connectivity index (χ4v) is 3.34. The van der Waals surface area contributed by atoms with E-state index in [4.69, 9.17) is 16.6 Å². The van der Waals surface area contributed by atoms with Crippen LogP contribution in [0.25, 0.3) is 5.78 Å². The SMILES string of the molecule is Clc1ccc(CN2CCCC[C@H]2c2ccn3ccnc3n2)nc1. The Morgan fingerprint density at radius 2 is 2.09 bits per heavy atom. The van der Waals surface area contributed by atoms with Gasteiger partial charge in [0.05, 0.1) is 22.5 Å². The van der Waals surface area contributed by atoms with Gasteiger partial charge in [-0.05, 0) is 37.6 Å². The topological polar surface area (TPSA) is 46.3 Å². The van der Waals surface area contributed by atoms with Crippen molar-refractivity contribution < 1.29 is 0 Å². The van der Waals surface area contributed by atoms with Crippen molar-refractivity contribution in [3.05, 3.63) is 59.4 Å². The number of imidazole rings is 1. The molecule has 0 aliphatic carbocycles. The van der Waals surface area contributed by atoms with Gasteiger partial charge in [0.15, 0.2) is 0 Å². The van der Waals surface area contributed by atoms with E-state index in [2.05, 4.69) is 20.9 Å². The highest BCUT2D eigenvalue weighted by Crippen LogP contribution is 2.31. The van der Waals surface area contributed by atoms with Crippen LogP contribution in [-0.2, 0) is 6.54 Å². The molecule has 1 aliphatic rings. The first-order valence-electron chi connectivity index (χ1n) is 7.94. The Hall–Kier alpha value is -1.98. The molecule has 1 fully saturated rings. The van der Waals surface area contributed by atoms with E-state index < -0.39 is 0 Å². The second-order valence-corrected chi connectivity index (χ2v) is 6.37. The number of piperidine rings is 1. The van der Waals surface area contributed by atoms with Crippen molar-refractivity contribution >= 4 is 17.4 Å². The summed E-state index contributed by atoms with van der Waals surface area (Å²) < 4.78 is 1.94. The highest BCUT2D eigenvalue weighted by Gasteiger charge is 2.25. The number of aromatic nitrogens is 4. The largest absolute Gasteiger partial charge is 0.291 e. The molecule has 4 rings (SSSR count). The van der Waals surface area contributed by atoms with Crippen LogP contribution in [0.1, 0.15) is 36.7 Å². The molecular weight excluding hydrogens is 310 g/mol. The van der Waals surface area contributed by atoms with Crippen LogP contribution in [-0.4, -0.2) is 30.8 Å². The van der Waals surface area contributed by atoms with E-state index in [1.807, 2.05) is 28.9 Å². The van der Waals surface area contributed by atoms with E-state index in [9.17, 15) is 0 Å². The lowest BCUT2D eigenvalue weighted by atomic mass is 9.99.